The van der Waals surface area contributed by atoms with Crippen LogP contribution in [-0.4, -0.2) is 12.5 Å². The maximum absolute atomic E-state index is 11.8. The van der Waals surface area contributed by atoms with Crippen molar-refractivity contribution >= 4 is 5.91 Å². The van der Waals surface area contributed by atoms with E-state index in [9.17, 15) is 4.79 Å². The quantitative estimate of drug-likeness (QED) is 0.620. The van der Waals surface area contributed by atoms with E-state index in [0.29, 0.717) is 13.0 Å². The van der Waals surface area contributed by atoms with Gasteiger partial charge in [-0.15, -0.1) is 12.3 Å². The summed E-state index contributed by atoms with van der Waals surface area (Å²) in [6.45, 7) is 0.653. The SMILES string of the molecule is C#CCCCNC(=O)c1ccc2c(c1)CCC2. The van der Waals surface area contributed by atoms with Crippen LogP contribution < -0.4 is 5.32 Å². The average molecular weight is 227 g/mol. The first-order valence-electron chi connectivity index (χ1n) is 6.15. The summed E-state index contributed by atoms with van der Waals surface area (Å²) >= 11 is 0. The first-order valence-corrected chi connectivity index (χ1v) is 6.15. The van der Waals surface area contributed by atoms with Gasteiger partial charge < -0.3 is 5.32 Å². The summed E-state index contributed by atoms with van der Waals surface area (Å²) in [6, 6.07) is 6.03. The highest BCUT2D eigenvalue weighted by Gasteiger charge is 2.13. The van der Waals surface area contributed by atoms with Crippen molar-refractivity contribution in [2.75, 3.05) is 6.54 Å². The van der Waals surface area contributed by atoms with E-state index in [0.717, 1.165) is 24.8 Å². The number of carbonyl (C=O) groups is 1. The predicted octanol–water partition coefficient (Wildman–Crippen LogP) is 2.32. The van der Waals surface area contributed by atoms with Gasteiger partial charge in [-0.3, -0.25) is 4.79 Å². The number of amides is 1. The van der Waals surface area contributed by atoms with E-state index in [1.807, 2.05) is 12.1 Å². The molecule has 0 unspecified atom stereocenters. The molecular weight excluding hydrogens is 210 g/mol. The van der Waals surface area contributed by atoms with E-state index < -0.39 is 0 Å². The van der Waals surface area contributed by atoms with Crippen LogP contribution in [0.1, 0.15) is 40.7 Å². The second kappa shape index (κ2) is 5.54. The number of unbranched alkanes of at least 4 members (excludes halogenated alkanes) is 1. The lowest BCUT2D eigenvalue weighted by atomic mass is 10.1. The molecule has 0 aromatic heterocycles. The molecule has 1 aromatic rings. The molecule has 0 saturated heterocycles. The fourth-order valence-corrected chi connectivity index (χ4v) is 2.21. The highest BCUT2D eigenvalue weighted by atomic mass is 16.1. The largest absolute Gasteiger partial charge is 0.352 e. The van der Waals surface area contributed by atoms with Crippen LogP contribution in [0.25, 0.3) is 0 Å². The summed E-state index contributed by atoms with van der Waals surface area (Å²) < 4.78 is 0. The summed E-state index contributed by atoms with van der Waals surface area (Å²) in [5.41, 5.74) is 3.50. The first kappa shape index (κ1) is 11.7. The van der Waals surface area contributed by atoms with E-state index in [-0.39, 0.29) is 5.91 Å². The van der Waals surface area contributed by atoms with Gasteiger partial charge in [0.05, 0.1) is 0 Å². The molecule has 0 heterocycles. The Kier molecular flexibility index (Phi) is 3.82. The van der Waals surface area contributed by atoms with E-state index in [4.69, 9.17) is 6.42 Å². The molecule has 1 aliphatic carbocycles. The minimum atomic E-state index is 0.0109. The van der Waals surface area contributed by atoms with Crippen molar-refractivity contribution in [1.29, 1.82) is 0 Å². The summed E-state index contributed by atoms with van der Waals surface area (Å²) in [4.78, 5) is 11.8. The topological polar surface area (TPSA) is 29.1 Å². The third kappa shape index (κ3) is 2.88. The van der Waals surface area contributed by atoms with Crippen LogP contribution in [-0.2, 0) is 12.8 Å². The van der Waals surface area contributed by atoms with E-state index >= 15 is 0 Å². The zero-order valence-electron chi connectivity index (χ0n) is 9.96. The fraction of sp³-hybridized carbons (Fsp3) is 0.400. The van der Waals surface area contributed by atoms with Crippen LogP contribution in [0.2, 0.25) is 0 Å². The van der Waals surface area contributed by atoms with Crippen molar-refractivity contribution in [3.8, 4) is 12.3 Å². The van der Waals surface area contributed by atoms with Crippen LogP contribution in [0.3, 0.4) is 0 Å². The molecule has 17 heavy (non-hydrogen) atoms. The van der Waals surface area contributed by atoms with Gasteiger partial charge in [0.25, 0.3) is 5.91 Å². The Labute approximate surface area is 102 Å². The van der Waals surface area contributed by atoms with Gasteiger partial charge in [-0.25, -0.2) is 0 Å². The van der Waals surface area contributed by atoms with E-state index in [1.54, 1.807) is 0 Å². The Morgan fingerprint density at radius 3 is 3.00 bits per heavy atom. The van der Waals surface area contributed by atoms with Crippen LogP contribution in [0, 0.1) is 12.3 Å². The molecule has 0 spiro atoms. The molecule has 0 bridgehead atoms. The standard InChI is InChI=1S/C15H17NO/c1-2-3-4-10-16-15(17)14-9-8-12-6-5-7-13(12)11-14/h1,8-9,11H,3-7,10H2,(H,16,17). The Balaban J connectivity index is 1.93. The molecule has 1 amide bonds. The third-order valence-corrected chi connectivity index (χ3v) is 3.14. The highest BCUT2D eigenvalue weighted by Crippen LogP contribution is 2.22. The van der Waals surface area contributed by atoms with Gasteiger partial charge in [0.15, 0.2) is 0 Å². The predicted molar refractivity (Wildman–Crippen MR) is 68.9 cm³/mol. The van der Waals surface area contributed by atoms with Crippen molar-refractivity contribution in [2.45, 2.75) is 32.1 Å². The minimum absolute atomic E-state index is 0.0109. The number of fused-ring (bicyclic) bond motifs is 1. The van der Waals surface area contributed by atoms with Crippen molar-refractivity contribution in [1.82, 2.24) is 5.32 Å². The molecular formula is C15H17NO. The van der Waals surface area contributed by atoms with Gasteiger partial charge in [0.2, 0.25) is 0 Å². The number of terminal acetylenes is 1. The van der Waals surface area contributed by atoms with Crippen LogP contribution in [0.4, 0.5) is 0 Å². The second-order valence-corrected chi connectivity index (χ2v) is 4.40. The van der Waals surface area contributed by atoms with Gasteiger partial charge in [0, 0.05) is 18.5 Å². The monoisotopic (exact) mass is 227 g/mol. The average Bonchev–Trinajstić information content (AvgIpc) is 2.81. The number of hydrogen-bond donors (Lipinski definition) is 1. The number of carbonyl (C=O) groups excluding carboxylic acids is 1. The highest BCUT2D eigenvalue weighted by molar-refractivity contribution is 5.94. The zero-order chi connectivity index (χ0) is 12.1. The third-order valence-electron chi connectivity index (χ3n) is 3.14. The second-order valence-electron chi connectivity index (χ2n) is 4.40. The van der Waals surface area contributed by atoms with E-state index in [2.05, 4.69) is 17.3 Å². The molecule has 0 radical (unpaired) electrons. The molecule has 1 N–H and O–H groups in total. The number of aryl methyl sites for hydroxylation is 2. The van der Waals surface area contributed by atoms with Crippen molar-refractivity contribution < 1.29 is 4.79 Å². The minimum Gasteiger partial charge on any atom is -0.352 e. The molecule has 0 saturated carbocycles. The number of hydrogen-bond acceptors (Lipinski definition) is 1. The normalized spacial score (nSPS) is 12.9. The van der Waals surface area contributed by atoms with Gasteiger partial charge in [-0.1, -0.05) is 6.07 Å². The van der Waals surface area contributed by atoms with Crippen molar-refractivity contribution in [3.63, 3.8) is 0 Å². The Morgan fingerprint density at radius 2 is 2.18 bits per heavy atom. The van der Waals surface area contributed by atoms with E-state index in [1.165, 1.54) is 17.5 Å². The molecule has 2 rings (SSSR count). The first-order chi connectivity index (χ1) is 8.31. The number of benzene rings is 1. The number of rotatable bonds is 4. The van der Waals surface area contributed by atoms with Gasteiger partial charge in [0.1, 0.15) is 0 Å². The lowest BCUT2D eigenvalue weighted by molar-refractivity contribution is 0.0953. The van der Waals surface area contributed by atoms with Crippen molar-refractivity contribution in [3.05, 3.63) is 34.9 Å². The fourth-order valence-electron chi connectivity index (χ4n) is 2.21. The lowest BCUT2D eigenvalue weighted by Crippen LogP contribution is -2.24. The zero-order valence-corrected chi connectivity index (χ0v) is 9.96. The maximum Gasteiger partial charge on any atom is 0.251 e. The number of nitrogens with one attached hydrogen (secondary N) is 1. The van der Waals surface area contributed by atoms with Gasteiger partial charge >= 0.3 is 0 Å². The molecule has 88 valence electrons. The maximum atomic E-state index is 11.8. The Hall–Kier alpha value is -1.75. The molecule has 0 atom stereocenters. The smallest absolute Gasteiger partial charge is 0.251 e. The summed E-state index contributed by atoms with van der Waals surface area (Å²) in [5, 5.41) is 2.89. The van der Waals surface area contributed by atoms with Gasteiger partial charge in [-0.05, 0) is 48.9 Å². The molecule has 1 aliphatic rings. The summed E-state index contributed by atoms with van der Waals surface area (Å²) in [7, 11) is 0. The van der Waals surface area contributed by atoms with Crippen LogP contribution in [0.5, 0.6) is 0 Å². The van der Waals surface area contributed by atoms with Crippen molar-refractivity contribution in [2.24, 2.45) is 0 Å². The lowest BCUT2D eigenvalue weighted by Gasteiger charge is -2.06. The summed E-state index contributed by atoms with van der Waals surface area (Å²) in [5.74, 6) is 2.57. The van der Waals surface area contributed by atoms with Crippen LogP contribution in [0.15, 0.2) is 18.2 Å². The molecule has 0 aliphatic heterocycles. The van der Waals surface area contributed by atoms with Crippen LogP contribution >= 0.6 is 0 Å². The molecule has 1 aromatic carbocycles. The van der Waals surface area contributed by atoms with Gasteiger partial charge in [-0.2, -0.15) is 0 Å². The summed E-state index contributed by atoms with van der Waals surface area (Å²) in [6.07, 6.45) is 10.2. The Morgan fingerprint density at radius 1 is 1.35 bits per heavy atom. The molecule has 2 nitrogen and oxygen atoms in total. The molecule has 2 heteroatoms. The molecule has 0 fully saturated rings. The Bertz CT molecular complexity index is 456.